The summed E-state index contributed by atoms with van der Waals surface area (Å²) in [6, 6.07) is 0. The molecule has 1 N–H and O–H groups in total. The van der Waals surface area contributed by atoms with Gasteiger partial charge in [0.15, 0.2) is 0 Å². The first-order valence-electron chi connectivity index (χ1n) is 17.1. The van der Waals surface area contributed by atoms with Gasteiger partial charge in [0.1, 0.15) is 6.10 Å². The summed E-state index contributed by atoms with van der Waals surface area (Å²) >= 11 is 0. The van der Waals surface area contributed by atoms with E-state index in [1.165, 1.54) is 70.6 Å². The fraction of sp³-hybridized carbons (Fsp3) is 0.730. The molecular formula is C37H64O4. The van der Waals surface area contributed by atoms with Crippen LogP contribution in [0.3, 0.4) is 0 Å². The van der Waals surface area contributed by atoms with E-state index in [1.54, 1.807) is 0 Å². The average Bonchev–Trinajstić information content (AvgIpc) is 2.95. The summed E-state index contributed by atoms with van der Waals surface area (Å²) in [6.45, 7) is 4.39. The number of carboxylic acid groups (broad SMARTS) is 1. The molecule has 1 atom stereocenters. The van der Waals surface area contributed by atoms with E-state index in [1.807, 2.05) is 0 Å². The van der Waals surface area contributed by atoms with Gasteiger partial charge in [0.05, 0.1) is 0 Å². The molecule has 0 aliphatic heterocycles. The Hall–Kier alpha value is -2.10. The fourth-order valence-corrected chi connectivity index (χ4v) is 4.75. The van der Waals surface area contributed by atoms with Crippen LogP contribution in [-0.4, -0.2) is 23.1 Å². The van der Waals surface area contributed by atoms with Crippen molar-refractivity contribution < 1.29 is 19.4 Å². The molecule has 0 fully saturated rings. The van der Waals surface area contributed by atoms with E-state index in [0.717, 1.165) is 70.6 Å². The van der Waals surface area contributed by atoms with Crippen LogP contribution >= 0.6 is 0 Å². The molecule has 236 valence electrons. The molecule has 0 amide bonds. The number of rotatable bonds is 30. The van der Waals surface area contributed by atoms with Gasteiger partial charge >= 0.3 is 11.9 Å². The van der Waals surface area contributed by atoms with Crippen molar-refractivity contribution in [2.75, 3.05) is 0 Å². The first-order chi connectivity index (χ1) is 20.1. The van der Waals surface area contributed by atoms with Crippen LogP contribution in [-0.2, 0) is 14.3 Å². The van der Waals surface area contributed by atoms with E-state index in [9.17, 15) is 9.59 Å². The molecule has 0 bridgehead atoms. The minimum atomic E-state index is -0.725. The molecule has 0 aromatic rings. The number of hydrogen-bond acceptors (Lipinski definition) is 3. The number of carbonyl (C=O) groups excluding carboxylic acids is 1. The lowest BCUT2D eigenvalue weighted by Gasteiger charge is -2.15. The average molecular weight is 573 g/mol. The summed E-state index contributed by atoms with van der Waals surface area (Å²) in [4.78, 5) is 23.2. The molecule has 4 nitrogen and oxygen atoms in total. The highest BCUT2D eigenvalue weighted by atomic mass is 16.5. The Morgan fingerprint density at radius 1 is 0.585 bits per heavy atom. The van der Waals surface area contributed by atoms with E-state index in [0.29, 0.717) is 6.42 Å². The Kier molecular flexibility index (Phi) is 30.8. The number of ether oxygens (including phenoxy) is 1. The standard InChI is InChI=1S/C37H64O4/c1-3-5-7-9-11-12-13-14-15-16-17-18-19-20-22-24-30-34-37(40)41-35(31-27-23-21-10-8-6-4-2)32-28-25-26-29-33-36(38)39/h5,7,11-12,14-15,27,31,35H,3-4,6,8-10,13,16-26,28-30,32-34H2,1-2H3,(H,38,39)/b7-5-,12-11-,15-14-,31-27-. The van der Waals surface area contributed by atoms with Gasteiger partial charge < -0.3 is 9.84 Å². The molecule has 0 heterocycles. The third-order valence-corrected chi connectivity index (χ3v) is 7.27. The second-order valence-corrected chi connectivity index (χ2v) is 11.3. The maximum Gasteiger partial charge on any atom is 0.306 e. The minimum Gasteiger partial charge on any atom is -0.481 e. The van der Waals surface area contributed by atoms with Gasteiger partial charge in [-0.2, -0.15) is 0 Å². The molecule has 0 aliphatic carbocycles. The Labute approximate surface area is 253 Å². The number of unbranched alkanes of at least 4 members (excludes halogenated alkanes) is 15. The van der Waals surface area contributed by atoms with Gasteiger partial charge in [-0.3, -0.25) is 9.59 Å². The van der Waals surface area contributed by atoms with Crippen molar-refractivity contribution in [3.05, 3.63) is 48.6 Å². The van der Waals surface area contributed by atoms with Crippen molar-refractivity contribution in [2.24, 2.45) is 0 Å². The van der Waals surface area contributed by atoms with E-state index in [2.05, 4.69) is 62.5 Å². The second-order valence-electron chi connectivity index (χ2n) is 11.3. The first-order valence-corrected chi connectivity index (χ1v) is 17.1. The molecule has 0 rings (SSSR count). The molecule has 0 saturated heterocycles. The quantitative estimate of drug-likeness (QED) is 0.0528. The Bertz CT molecular complexity index is 704. The summed E-state index contributed by atoms with van der Waals surface area (Å²) in [7, 11) is 0. The first kappa shape index (κ1) is 38.9. The number of hydrogen-bond donors (Lipinski definition) is 1. The van der Waals surface area contributed by atoms with Crippen LogP contribution in [0.5, 0.6) is 0 Å². The summed E-state index contributed by atoms with van der Waals surface area (Å²) < 4.78 is 5.84. The number of aliphatic carboxylic acids is 1. The summed E-state index contributed by atoms with van der Waals surface area (Å²) in [5.74, 6) is -0.801. The lowest BCUT2D eigenvalue weighted by atomic mass is 10.1. The van der Waals surface area contributed by atoms with Crippen LogP contribution in [0.1, 0.15) is 168 Å². The zero-order valence-corrected chi connectivity index (χ0v) is 26.8. The van der Waals surface area contributed by atoms with Crippen molar-refractivity contribution in [3.8, 4) is 0 Å². The van der Waals surface area contributed by atoms with Gasteiger partial charge in [-0.05, 0) is 76.7 Å². The minimum absolute atomic E-state index is 0.0764. The lowest BCUT2D eigenvalue weighted by molar-refractivity contribution is -0.147. The monoisotopic (exact) mass is 572 g/mol. The topological polar surface area (TPSA) is 63.6 Å². The van der Waals surface area contributed by atoms with Crippen LogP contribution in [0.15, 0.2) is 48.6 Å². The fourth-order valence-electron chi connectivity index (χ4n) is 4.75. The van der Waals surface area contributed by atoms with Crippen molar-refractivity contribution in [1.82, 2.24) is 0 Å². The van der Waals surface area contributed by atoms with Crippen molar-refractivity contribution >= 4 is 11.9 Å². The van der Waals surface area contributed by atoms with Crippen molar-refractivity contribution in [3.63, 3.8) is 0 Å². The van der Waals surface area contributed by atoms with Gasteiger partial charge in [-0.25, -0.2) is 0 Å². The lowest BCUT2D eigenvalue weighted by Crippen LogP contribution is -2.16. The molecule has 0 aromatic heterocycles. The van der Waals surface area contributed by atoms with E-state index >= 15 is 0 Å². The normalized spacial score (nSPS) is 12.8. The zero-order chi connectivity index (χ0) is 30.1. The van der Waals surface area contributed by atoms with Gasteiger partial charge in [-0.1, -0.05) is 127 Å². The second kappa shape index (κ2) is 32.4. The largest absolute Gasteiger partial charge is 0.481 e. The maximum atomic E-state index is 12.5. The molecule has 0 saturated carbocycles. The zero-order valence-electron chi connectivity index (χ0n) is 26.8. The van der Waals surface area contributed by atoms with Gasteiger partial charge in [0, 0.05) is 12.8 Å². The molecule has 0 radical (unpaired) electrons. The molecule has 0 aliphatic rings. The Morgan fingerprint density at radius 3 is 1.73 bits per heavy atom. The van der Waals surface area contributed by atoms with E-state index < -0.39 is 5.97 Å². The third kappa shape index (κ3) is 32.3. The number of esters is 1. The third-order valence-electron chi connectivity index (χ3n) is 7.27. The summed E-state index contributed by atoms with van der Waals surface area (Å²) in [5, 5.41) is 8.79. The number of carbonyl (C=O) groups is 2. The highest BCUT2D eigenvalue weighted by Gasteiger charge is 2.11. The van der Waals surface area contributed by atoms with E-state index in [-0.39, 0.29) is 18.5 Å². The van der Waals surface area contributed by atoms with Gasteiger partial charge in [0.2, 0.25) is 0 Å². The molecular weight excluding hydrogens is 508 g/mol. The van der Waals surface area contributed by atoms with Gasteiger partial charge in [0.25, 0.3) is 0 Å². The summed E-state index contributed by atoms with van der Waals surface area (Å²) in [5.41, 5.74) is 0. The number of allylic oxidation sites excluding steroid dienone is 7. The Morgan fingerprint density at radius 2 is 1.10 bits per heavy atom. The van der Waals surface area contributed by atoms with Crippen LogP contribution in [0.2, 0.25) is 0 Å². The number of carboxylic acids is 1. The predicted molar refractivity (Wildman–Crippen MR) is 176 cm³/mol. The maximum absolute atomic E-state index is 12.5. The highest BCUT2D eigenvalue weighted by Crippen LogP contribution is 2.15. The SMILES string of the molecule is CC/C=C\C/C=C\C/C=C\CCCCCCCCCC(=O)OC(/C=C\CCCCCCC)CCCCCCC(=O)O. The van der Waals surface area contributed by atoms with Crippen LogP contribution < -0.4 is 0 Å². The Balaban J connectivity index is 3.98. The molecule has 0 aromatic carbocycles. The van der Waals surface area contributed by atoms with Crippen molar-refractivity contribution in [2.45, 2.75) is 174 Å². The molecule has 41 heavy (non-hydrogen) atoms. The molecule has 1 unspecified atom stereocenters. The smallest absolute Gasteiger partial charge is 0.306 e. The van der Waals surface area contributed by atoms with Gasteiger partial charge in [-0.15, -0.1) is 0 Å². The molecule has 4 heteroatoms. The highest BCUT2D eigenvalue weighted by molar-refractivity contribution is 5.69. The summed E-state index contributed by atoms with van der Waals surface area (Å²) in [6.07, 6.45) is 42.8. The van der Waals surface area contributed by atoms with Crippen LogP contribution in [0, 0.1) is 0 Å². The molecule has 0 spiro atoms. The van der Waals surface area contributed by atoms with Crippen LogP contribution in [0.25, 0.3) is 0 Å². The van der Waals surface area contributed by atoms with Crippen molar-refractivity contribution in [1.29, 1.82) is 0 Å². The van der Waals surface area contributed by atoms with Crippen LogP contribution in [0.4, 0.5) is 0 Å². The predicted octanol–water partition coefficient (Wildman–Crippen LogP) is 11.6. The van der Waals surface area contributed by atoms with E-state index in [4.69, 9.17) is 9.84 Å².